The predicted molar refractivity (Wildman–Crippen MR) is 73.1 cm³/mol. The van der Waals surface area contributed by atoms with Gasteiger partial charge in [-0.2, -0.15) is 0 Å². The van der Waals surface area contributed by atoms with Crippen LogP contribution in [-0.2, 0) is 12.8 Å². The third kappa shape index (κ3) is 2.89. The second-order valence-electron chi connectivity index (χ2n) is 4.08. The molecule has 0 aliphatic heterocycles. The first kappa shape index (κ1) is 13.1. The van der Waals surface area contributed by atoms with Crippen LogP contribution in [0.5, 0.6) is 5.75 Å². The van der Waals surface area contributed by atoms with Crippen LogP contribution in [0.25, 0.3) is 0 Å². The van der Waals surface area contributed by atoms with Crippen molar-refractivity contribution in [1.82, 2.24) is 4.98 Å². The van der Waals surface area contributed by atoms with E-state index in [1.165, 1.54) is 16.9 Å². The molecule has 0 radical (unpaired) electrons. The van der Waals surface area contributed by atoms with Gasteiger partial charge in [0.15, 0.2) is 0 Å². The molecule has 1 unspecified atom stereocenters. The summed E-state index contributed by atoms with van der Waals surface area (Å²) >= 11 is 1.51. The molecule has 0 spiro atoms. The van der Waals surface area contributed by atoms with E-state index in [2.05, 4.69) is 18.0 Å². The number of thiophene rings is 1. The molecule has 2 aromatic rings. The van der Waals surface area contributed by atoms with Crippen molar-refractivity contribution in [3.63, 3.8) is 0 Å². The van der Waals surface area contributed by atoms with Crippen LogP contribution in [0, 0.1) is 0 Å². The molecule has 18 heavy (non-hydrogen) atoms. The molecule has 1 N–H and O–H groups in total. The van der Waals surface area contributed by atoms with Crippen molar-refractivity contribution in [1.29, 1.82) is 0 Å². The highest BCUT2D eigenvalue weighted by Gasteiger charge is 2.15. The number of aromatic nitrogens is 1. The number of aliphatic hydroxyl groups is 1. The molecule has 0 aliphatic carbocycles. The van der Waals surface area contributed by atoms with Crippen molar-refractivity contribution in [3.05, 3.63) is 45.9 Å². The lowest BCUT2D eigenvalue weighted by Crippen LogP contribution is -2.03. The van der Waals surface area contributed by atoms with E-state index in [-0.39, 0.29) is 0 Å². The molecule has 0 bridgehead atoms. The van der Waals surface area contributed by atoms with E-state index in [1.807, 2.05) is 23.7 Å². The fourth-order valence-corrected chi connectivity index (χ4v) is 2.64. The van der Waals surface area contributed by atoms with Crippen molar-refractivity contribution >= 4 is 11.3 Å². The highest BCUT2D eigenvalue weighted by atomic mass is 32.1. The standard InChI is InChI=1S/C14H17NO2S/c1-3-10-4-5-11(15-9-10)8-12(16)14-13(17-2)6-7-18-14/h4-7,9,12,16H,3,8H2,1-2H3. The van der Waals surface area contributed by atoms with Crippen LogP contribution >= 0.6 is 11.3 Å². The molecule has 96 valence electrons. The van der Waals surface area contributed by atoms with E-state index in [9.17, 15) is 5.11 Å². The summed E-state index contributed by atoms with van der Waals surface area (Å²) in [6, 6.07) is 5.90. The Hall–Kier alpha value is -1.39. The number of rotatable bonds is 5. The Kier molecular flexibility index (Phi) is 4.33. The van der Waals surface area contributed by atoms with Crippen LogP contribution in [0.3, 0.4) is 0 Å². The predicted octanol–water partition coefficient (Wildman–Crippen LogP) is 2.99. The Morgan fingerprint density at radius 2 is 2.22 bits per heavy atom. The van der Waals surface area contributed by atoms with Crippen molar-refractivity contribution in [2.24, 2.45) is 0 Å². The summed E-state index contributed by atoms with van der Waals surface area (Å²) in [5.74, 6) is 0.748. The summed E-state index contributed by atoms with van der Waals surface area (Å²) in [5, 5.41) is 12.1. The van der Waals surface area contributed by atoms with E-state index in [4.69, 9.17) is 4.74 Å². The number of hydrogen-bond acceptors (Lipinski definition) is 4. The van der Waals surface area contributed by atoms with Gasteiger partial charge in [-0.1, -0.05) is 13.0 Å². The van der Waals surface area contributed by atoms with Gasteiger partial charge in [0, 0.05) is 18.3 Å². The van der Waals surface area contributed by atoms with Gasteiger partial charge >= 0.3 is 0 Å². The summed E-state index contributed by atoms with van der Waals surface area (Å²) in [6.07, 6.45) is 2.81. The van der Waals surface area contributed by atoms with Crippen molar-refractivity contribution < 1.29 is 9.84 Å². The van der Waals surface area contributed by atoms with Crippen LogP contribution in [0.2, 0.25) is 0 Å². The number of methoxy groups -OCH3 is 1. The Morgan fingerprint density at radius 3 is 2.83 bits per heavy atom. The van der Waals surface area contributed by atoms with Crippen LogP contribution in [0.15, 0.2) is 29.8 Å². The normalized spacial score (nSPS) is 12.4. The SMILES string of the molecule is CCc1ccc(CC(O)c2sccc2OC)nc1. The van der Waals surface area contributed by atoms with Gasteiger partial charge in [-0.3, -0.25) is 4.98 Å². The van der Waals surface area contributed by atoms with Gasteiger partial charge in [0.25, 0.3) is 0 Å². The first-order valence-electron chi connectivity index (χ1n) is 5.97. The largest absolute Gasteiger partial charge is 0.495 e. The molecule has 2 aromatic heterocycles. The highest BCUT2D eigenvalue weighted by molar-refractivity contribution is 7.10. The number of nitrogens with zero attached hydrogens (tertiary/aromatic N) is 1. The maximum atomic E-state index is 10.2. The molecule has 0 saturated heterocycles. The van der Waals surface area contributed by atoms with Gasteiger partial charge < -0.3 is 9.84 Å². The maximum absolute atomic E-state index is 10.2. The van der Waals surface area contributed by atoms with Crippen molar-refractivity contribution in [2.45, 2.75) is 25.9 Å². The fraction of sp³-hybridized carbons (Fsp3) is 0.357. The second-order valence-corrected chi connectivity index (χ2v) is 5.03. The minimum Gasteiger partial charge on any atom is -0.495 e. The van der Waals surface area contributed by atoms with Crippen LogP contribution < -0.4 is 4.74 Å². The van der Waals surface area contributed by atoms with E-state index < -0.39 is 6.10 Å². The van der Waals surface area contributed by atoms with Crippen molar-refractivity contribution in [3.8, 4) is 5.75 Å². The van der Waals surface area contributed by atoms with Crippen LogP contribution in [0.1, 0.15) is 29.2 Å². The minimum atomic E-state index is -0.556. The van der Waals surface area contributed by atoms with Gasteiger partial charge in [0.2, 0.25) is 0 Å². The molecule has 0 aliphatic rings. The quantitative estimate of drug-likeness (QED) is 0.901. The highest BCUT2D eigenvalue weighted by Crippen LogP contribution is 2.32. The van der Waals surface area contributed by atoms with Gasteiger partial charge in [0.05, 0.1) is 18.1 Å². The van der Waals surface area contributed by atoms with Crippen LogP contribution in [-0.4, -0.2) is 17.2 Å². The smallest absolute Gasteiger partial charge is 0.135 e. The van der Waals surface area contributed by atoms with E-state index in [0.717, 1.165) is 22.7 Å². The molecule has 2 heterocycles. The number of ether oxygens (including phenoxy) is 1. The number of hydrogen-bond donors (Lipinski definition) is 1. The number of pyridine rings is 1. The zero-order valence-electron chi connectivity index (χ0n) is 10.6. The average Bonchev–Trinajstić information content (AvgIpc) is 2.88. The van der Waals surface area contributed by atoms with E-state index in [1.54, 1.807) is 7.11 Å². The van der Waals surface area contributed by atoms with Crippen LogP contribution in [0.4, 0.5) is 0 Å². The van der Waals surface area contributed by atoms with Crippen molar-refractivity contribution in [2.75, 3.05) is 7.11 Å². The Labute approximate surface area is 111 Å². The van der Waals surface area contributed by atoms with E-state index in [0.29, 0.717) is 6.42 Å². The summed E-state index contributed by atoms with van der Waals surface area (Å²) in [5.41, 5.74) is 2.11. The third-order valence-electron chi connectivity index (χ3n) is 2.88. The molecule has 0 saturated carbocycles. The van der Waals surface area contributed by atoms with Gasteiger partial charge in [-0.05, 0) is 29.5 Å². The molecule has 4 heteroatoms. The molecule has 0 amide bonds. The van der Waals surface area contributed by atoms with Gasteiger partial charge in [-0.15, -0.1) is 11.3 Å². The summed E-state index contributed by atoms with van der Waals surface area (Å²) in [4.78, 5) is 5.22. The lowest BCUT2D eigenvalue weighted by atomic mass is 10.1. The average molecular weight is 263 g/mol. The zero-order valence-corrected chi connectivity index (χ0v) is 11.4. The van der Waals surface area contributed by atoms with Gasteiger partial charge in [0.1, 0.15) is 5.75 Å². The summed E-state index contributed by atoms with van der Waals surface area (Å²) < 4.78 is 5.21. The Balaban J connectivity index is 2.08. The Bertz CT molecular complexity index is 493. The molecule has 0 fully saturated rings. The minimum absolute atomic E-state index is 0.515. The summed E-state index contributed by atoms with van der Waals surface area (Å²) in [7, 11) is 1.62. The van der Waals surface area contributed by atoms with Gasteiger partial charge in [-0.25, -0.2) is 0 Å². The third-order valence-corrected chi connectivity index (χ3v) is 3.88. The van der Waals surface area contributed by atoms with E-state index >= 15 is 0 Å². The molecule has 0 aromatic carbocycles. The maximum Gasteiger partial charge on any atom is 0.135 e. The lowest BCUT2D eigenvalue weighted by molar-refractivity contribution is 0.177. The Morgan fingerprint density at radius 1 is 1.39 bits per heavy atom. The molecule has 3 nitrogen and oxygen atoms in total. The molecular weight excluding hydrogens is 246 g/mol. The number of aliphatic hydroxyl groups excluding tert-OH is 1. The first-order chi connectivity index (χ1) is 8.74. The lowest BCUT2D eigenvalue weighted by Gasteiger charge is -2.10. The molecule has 2 rings (SSSR count). The fourth-order valence-electron chi connectivity index (χ4n) is 1.80. The summed E-state index contributed by atoms with van der Waals surface area (Å²) in [6.45, 7) is 2.10. The topological polar surface area (TPSA) is 42.4 Å². The second kappa shape index (κ2) is 5.98. The molecule has 1 atom stereocenters. The molecular formula is C14H17NO2S. The zero-order chi connectivity index (χ0) is 13.0. The number of aryl methyl sites for hydroxylation is 1. The monoisotopic (exact) mass is 263 g/mol. The first-order valence-corrected chi connectivity index (χ1v) is 6.85.